The number of carbonyl (C=O) groups is 3. The number of unbranched alkanes of at least 4 members (excludes halogenated alkanes) is 28. The van der Waals surface area contributed by atoms with Crippen LogP contribution < -0.4 is 0 Å². The predicted molar refractivity (Wildman–Crippen MR) is 357 cm³/mol. The van der Waals surface area contributed by atoms with Crippen molar-refractivity contribution in [1.29, 1.82) is 0 Å². The Balaban J connectivity index is 4.14. The van der Waals surface area contributed by atoms with Crippen LogP contribution in [0.4, 0.5) is 0 Å². The van der Waals surface area contributed by atoms with Gasteiger partial charge in [-0.2, -0.15) is 0 Å². The van der Waals surface area contributed by atoms with Crippen LogP contribution in [0.1, 0.15) is 310 Å². The minimum atomic E-state index is -0.788. The van der Waals surface area contributed by atoms with Crippen LogP contribution >= 0.6 is 0 Å². The summed E-state index contributed by atoms with van der Waals surface area (Å²) in [6, 6.07) is 0. The van der Waals surface area contributed by atoms with Gasteiger partial charge in [0.2, 0.25) is 0 Å². The van der Waals surface area contributed by atoms with E-state index in [4.69, 9.17) is 14.2 Å². The molecule has 0 N–H and O–H groups in total. The maximum Gasteiger partial charge on any atom is 0.306 e. The zero-order chi connectivity index (χ0) is 59.2. The molecule has 0 aromatic rings. The van der Waals surface area contributed by atoms with Gasteiger partial charge in [0.1, 0.15) is 13.2 Å². The second kappa shape index (κ2) is 69.0. The minimum Gasteiger partial charge on any atom is -0.462 e. The first-order valence-corrected chi connectivity index (χ1v) is 34.2. The smallest absolute Gasteiger partial charge is 0.306 e. The quantitative estimate of drug-likeness (QED) is 0.0261. The molecule has 6 heteroatoms. The summed E-state index contributed by atoms with van der Waals surface area (Å²) in [4.78, 5) is 38.1. The highest BCUT2D eigenvalue weighted by Crippen LogP contribution is 2.16. The zero-order valence-electron chi connectivity index (χ0n) is 53.5. The number of esters is 3. The summed E-state index contributed by atoms with van der Waals surface area (Å²) in [5.74, 6) is -0.912. The standard InChI is InChI=1S/C76H126O6/c1-4-7-10-13-16-18-20-22-24-26-28-30-32-34-35-36-37-38-39-40-41-43-44-46-48-50-52-54-56-58-60-63-66-69-75(78)81-72-73(71-80-74(77)68-65-62-15-12-9-6-3)82-76(79)70-67-64-61-59-57-55-53-51-49-47-45-42-33-31-29-27-25-23-21-19-17-14-11-8-5-2/h7,10,16,18,21-24,27-30,34-35,37-38,40-41,44,46,50,52,73H,4-6,8-9,11-15,17,19-20,25-26,31-33,36,39,42-43,45,47-49,51,53-72H2,1-3H3/b10-7-,18-16-,23-21-,24-22-,29-27-,30-28-,35-34-,38-37-,41-40-,46-44-,52-50-. The van der Waals surface area contributed by atoms with Crippen LogP contribution in [0.3, 0.4) is 0 Å². The molecule has 0 radical (unpaired) electrons. The normalized spacial score (nSPS) is 13.0. The van der Waals surface area contributed by atoms with Crippen LogP contribution in [0.2, 0.25) is 0 Å². The van der Waals surface area contributed by atoms with E-state index in [1.54, 1.807) is 0 Å². The van der Waals surface area contributed by atoms with Crippen molar-refractivity contribution in [1.82, 2.24) is 0 Å². The molecular formula is C76H126O6. The first-order chi connectivity index (χ1) is 40.5. The highest BCUT2D eigenvalue weighted by atomic mass is 16.6. The Hall–Kier alpha value is -4.45. The van der Waals surface area contributed by atoms with E-state index in [2.05, 4.69) is 154 Å². The van der Waals surface area contributed by atoms with Crippen molar-refractivity contribution >= 4 is 17.9 Å². The Morgan fingerprint density at radius 2 is 0.476 bits per heavy atom. The van der Waals surface area contributed by atoms with Crippen molar-refractivity contribution in [2.45, 2.75) is 316 Å². The molecule has 0 aromatic heterocycles. The SMILES string of the molecule is CC/C=C\C/C=C\C/C=C\C/C=C\C/C=C\C/C=C\C/C=C\C/C=C\C/C=C\CCCCCCCC(=O)OCC(COC(=O)CCCCCCCC)OC(=O)CCCCCCCCCCCCCCC/C=C\C/C=C\CCCCCCC. The van der Waals surface area contributed by atoms with E-state index < -0.39 is 6.10 Å². The van der Waals surface area contributed by atoms with Crippen molar-refractivity contribution in [3.8, 4) is 0 Å². The Bertz CT molecular complexity index is 1730. The van der Waals surface area contributed by atoms with E-state index in [0.29, 0.717) is 19.3 Å². The summed E-state index contributed by atoms with van der Waals surface area (Å²) < 4.78 is 16.8. The van der Waals surface area contributed by atoms with Crippen molar-refractivity contribution in [2.75, 3.05) is 13.2 Å². The van der Waals surface area contributed by atoms with Gasteiger partial charge in [-0.05, 0) is 122 Å². The van der Waals surface area contributed by atoms with Crippen molar-refractivity contribution < 1.29 is 28.6 Å². The van der Waals surface area contributed by atoms with Gasteiger partial charge in [-0.1, -0.05) is 302 Å². The molecule has 1 unspecified atom stereocenters. The lowest BCUT2D eigenvalue weighted by atomic mass is 10.0. The van der Waals surface area contributed by atoms with Crippen molar-refractivity contribution in [3.05, 3.63) is 134 Å². The Morgan fingerprint density at radius 3 is 0.744 bits per heavy atom. The first kappa shape index (κ1) is 77.5. The summed E-state index contributed by atoms with van der Waals surface area (Å²) in [5, 5.41) is 0. The van der Waals surface area contributed by atoms with E-state index >= 15 is 0 Å². The number of allylic oxidation sites excluding steroid dienone is 22. The lowest BCUT2D eigenvalue weighted by molar-refractivity contribution is -0.167. The van der Waals surface area contributed by atoms with Crippen LogP contribution in [0.5, 0.6) is 0 Å². The molecular weight excluding hydrogens is 1010 g/mol. The van der Waals surface area contributed by atoms with E-state index in [9.17, 15) is 14.4 Å². The molecule has 0 amide bonds. The third-order valence-electron chi connectivity index (χ3n) is 14.4. The summed E-state index contributed by atoms with van der Waals surface area (Å²) in [5.41, 5.74) is 0. The van der Waals surface area contributed by atoms with Gasteiger partial charge in [0.05, 0.1) is 0 Å². The third-order valence-corrected chi connectivity index (χ3v) is 14.4. The maximum absolute atomic E-state index is 12.9. The lowest BCUT2D eigenvalue weighted by Crippen LogP contribution is -2.30. The molecule has 0 fully saturated rings. The average molecular weight is 1140 g/mol. The maximum atomic E-state index is 12.9. The molecule has 0 rings (SSSR count). The summed E-state index contributed by atoms with van der Waals surface area (Å²) in [7, 11) is 0. The molecule has 0 saturated carbocycles. The molecule has 0 aliphatic carbocycles. The van der Waals surface area contributed by atoms with Crippen LogP contribution in [0.15, 0.2) is 134 Å². The molecule has 0 spiro atoms. The second-order valence-corrected chi connectivity index (χ2v) is 22.4. The highest BCUT2D eigenvalue weighted by molar-refractivity contribution is 5.71. The number of ether oxygens (including phenoxy) is 3. The van der Waals surface area contributed by atoms with E-state index in [1.165, 1.54) is 128 Å². The van der Waals surface area contributed by atoms with Gasteiger partial charge in [0.15, 0.2) is 6.10 Å². The fraction of sp³-hybridized carbons (Fsp3) is 0.671. The lowest BCUT2D eigenvalue weighted by Gasteiger charge is -2.18. The minimum absolute atomic E-state index is 0.0860. The van der Waals surface area contributed by atoms with E-state index in [-0.39, 0.29) is 31.1 Å². The fourth-order valence-electron chi connectivity index (χ4n) is 9.29. The molecule has 0 heterocycles. The molecule has 466 valence electrons. The van der Waals surface area contributed by atoms with Gasteiger partial charge in [0.25, 0.3) is 0 Å². The molecule has 0 aliphatic heterocycles. The van der Waals surface area contributed by atoms with Crippen molar-refractivity contribution in [3.63, 3.8) is 0 Å². The van der Waals surface area contributed by atoms with Crippen LogP contribution in [0, 0.1) is 0 Å². The van der Waals surface area contributed by atoms with Gasteiger partial charge >= 0.3 is 17.9 Å². The number of carbonyl (C=O) groups excluding carboxylic acids is 3. The monoisotopic (exact) mass is 1130 g/mol. The Kier molecular flexibility index (Phi) is 65.3. The Morgan fingerprint density at radius 1 is 0.256 bits per heavy atom. The topological polar surface area (TPSA) is 78.9 Å². The predicted octanol–water partition coefficient (Wildman–Crippen LogP) is 23.7. The van der Waals surface area contributed by atoms with E-state index in [1.807, 2.05) is 0 Å². The zero-order valence-corrected chi connectivity index (χ0v) is 53.5. The molecule has 6 nitrogen and oxygen atoms in total. The Labute approximate surface area is 506 Å². The molecule has 0 saturated heterocycles. The van der Waals surface area contributed by atoms with Crippen LogP contribution in [-0.4, -0.2) is 37.2 Å². The largest absolute Gasteiger partial charge is 0.462 e. The molecule has 0 aromatic carbocycles. The molecule has 0 aliphatic rings. The number of hydrogen-bond acceptors (Lipinski definition) is 6. The number of rotatable bonds is 61. The van der Waals surface area contributed by atoms with Gasteiger partial charge in [-0.15, -0.1) is 0 Å². The van der Waals surface area contributed by atoms with Crippen molar-refractivity contribution in [2.24, 2.45) is 0 Å². The first-order valence-electron chi connectivity index (χ1n) is 34.2. The van der Waals surface area contributed by atoms with Gasteiger partial charge < -0.3 is 14.2 Å². The molecule has 1 atom stereocenters. The van der Waals surface area contributed by atoms with E-state index in [0.717, 1.165) is 141 Å². The average Bonchev–Trinajstić information content (AvgIpc) is 3.47. The highest BCUT2D eigenvalue weighted by Gasteiger charge is 2.19. The summed E-state index contributed by atoms with van der Waals surface area (Å²) in [6.07, 6.45) is 97.9. The number of hydrogen-bond donors (Lipinski definition) is 0. The fourth-order valence-corrected chi connectivity index (χ4v) is 9.29. The molecule has 0 bridgehead atoms. The van der Waals surface area contributed by atoms with Crippen LogP contribution in [-0.2, 0) is 28.6 Å². The summed E-state index contributed by atoms with van der Waals surface area (Å²) >= 11 is 0. The van der Waals surface area contributed by atoms with Gasteiger partial charge in [-0.3, -0.25) is 14.4 Å². The van der Waals surface area contributed by atoms with Gasteiger partial charge in [0, 0.05) is 19.3 Å². The third kappa shape index (κ3) is 66.4. The molecule has 82 heavy (non-hydrogen) atoms. The van der Waals surface area contributed by atoms with Crippen LogP contribution in [0.25, 0.3) is 0 Å². The van der Waals surface area contributed by atoms with Gasteiger partial charge in [-0.25, -0.2) is 0 Å². The second-order valence-electron chi connectivity index (χ2n) is 22.4. The summed E-state index contributed by atoms with van der Waals surface area (Å²) in [6.45, 7) is 6.45.